The van der Waals surface area contributed by atoms with Crippen LogP contribution in [0, 0.1) is 6.92 Å². The summed E-state index contributed by atoms with van der Waals surface area (Å²) in [5.41, 5.74) is 12.8. The predicted octanol–water partition coefficient (Wildman–Crippen LogP) is 3.72. The molecule has 1 saturated heterocycles. The van der Waals surface area contributed by atoms with Crippen LogP contribution in [0.25, 0.3) is 28.1 Å². The fraction of sp³-hybridized carbons (Fsp3) is 0.400. The normalized spacial score (nSPS) is 16.2. The van der Waals surface area contributed by atoms with Crippen molar-refractivity contribution in [2.24, 2.45) is 5.73 Å². The molecule has 0 radical (unpaired) electrons. The minimum atomic E-state index is -0.104. The molecule has 0 spiro atoms. The molecular weight excluding hydrogens is 370 g/mol. The van der Waals surface area contributed by atoms with Gasteiger partial charge in [-0.05, 0) is 50.3 Å². The Balaban J connectivity index is 1.85. The highest BCUT2D eigenvalue weighted by atomic mass is 32.1. The molecule has 0 amide bonds. The van der Waals surface area contributed by atoms with Gasteiger partial charge in [0.1, 0.15) is 5.69 Å². The van der Waals surface area contributed by atoms with Gasteiger partial charge in [0.05, 0.1) is 11.0 Å². The molecule has 144 valence electrons. The van der Waals surface area contributed by atoms with Gasteiger partial charge in [0, 0.05) is 29.9 Å². The van der Waals surface area contributed by atoms with Gasteiger partial charge in [-0.3, -0.25) is 0 Å². The molecule has 3 aromatic heterocycles. The smallest absolute Gasteiger partial charge is 0.229 e. The molecule has 1 aliphatic rings. The number of thiazole rings is 1. The zero-order valence-corrected chi connectivity index (χ0v) is 16.9. The fourth-order valence-corrected chi connectivity index (χ4v) is 4.48. The van der Waals surface area contributed by atoms with Crippen molar-refractivity contribution in [3.63, 3.8) is 0 Å². The van der Waals surface area contributed by atoms with Gasteiger partial charge in [0.2, 0.25) is 11.8 Å². The van der Waals surface area contributed by atoms with Crippen LogP contribution in [0.1, 0.15) is 43.4 Å². The summed E-state index contributed by atoms with van der Waals surface area (Å²) in [6.45, 7) is 6.06. The molecule has 4 aromatic rings. The number of aryl methyl sites for hydroxylation is 1. The second-order valence-corrected chi connectivity index (χ2v) is 8.26. The highest BCUT2D eigenvalue weighted by molar-refractivity contribution is 7.07. The van der Waals surface area contributed by atoms with Gasteiger partial charge in [0.15, 0.2) is 5.65 Å². The molecule has 1 atom stereocenters. The average Bonchev–Trinajstić information content (AvgIpc) is 3.37. The molecule has 0 aliphatic carbocycles. The van der Waals surface area contributed by atoms with E-state index >= 15 is 0 Å². The molecule has 0 saturated carbocycles. The van der Waals surface area contributed by atoms with Crippen molar-refractivity contribution in [2.45, 2.75) is 39.2 Å². The lowest BCUT2D eigenvalue weighted by Gasteiger charge is -2.28. The molecule has 1 aromatic carbocycles. The maximum atomic E-state index is 6.30. The minimum Gasteiger partial charge on any atom is -0.341 e. The van der Waals surface area contributed by atoms with Crippen molar-refractivity contribution in [3.05, 3.63) is 34.2 Å². The number of fused-ring (bicyclic) bond motifs is 3. The topological polar surface area (TPSA) is 85.2 Å². The molecule has 0 bridgehead atoms. The van der Waals surface area contributed by atoms with Crippen molar-refractivity contribution in [1.82, 2.24) is 24.6 Å². The van der Waals surface area contributed by atoms with Crippen molar-refractivity contribution in [2.75, 3.05) is 18.0 Å². The number of aromatic nitrogens is 5. The molecule has 4 heterocycles. The Morgan fingerprint density at radius 1 is 1.14 bits per heavy atom. The van der Waals surface area contributed by atoms with E-state index in [1.807, 2.05) is 16.8 Å². The van der Waals surface area contributed by atoms with Crippen molar-refractivity contribution < 1.29 is 0 Å². The summed E-state index contributed by atoms with van der Waals surface area (Å²) in [5, 5.41) is 7.76. The zero-order chi connectivity index (χ0) is 19.3. The molecule has 7 nitrogen and oxygen atoms in total. The molecule has 1 aliphatic heterocycles. The lowest BCUT2D eigenvalue weighted by molar-refractivity contribution is 0.563. The third-order valence-corrected chi connectivity index (χ3v) is 5.91. The maximum Gasteiger partial charge on any atom is 0.229 e. The number of rotatable bonds is 3. The quantitative estimate of drug-likeness (QED) is 0.571. The van der Waals surface area contributed by atoms with E-state index in [0.29, 0.717) is 5.82 Å². The van der Waals surface area contributed by atoms with Crippen molar-refractivity contribution in [3.8, 4) is 11.5 Å². The van der Waals surface area contributed by atoms with Crippen molar-refractivity contribution in [1.29, 1.82) is 0 Å². The molecule has 1 fully saturated rings. The van der Waals surface area contributed by atoms with Crippen LogP contribution < -0.4 is 10.6 Å². The number of anilines is 1. The number of hydrogen-bond donors (Lipinski definition) is 1. The van der Waals surface area contributed by atoms with Gasteiger partial charge in [-0.1, -0.05) is 6.07 Å². The minimum absolute atomic E-state index is 0.104. The second-order valence-electron chi connectivity index (χ2n) is 7.54. The Morgan fingerprint density at radius 3 is 2.68 bits per heavy atom. The molecule has 0 unspecified atom stereocenters. The van der Waals surface area contributed by atoms with Gasteiger partial charge in [0.25, 0.3) is 0 Å². The number of piperidine rings is 1. The number of nitrogens with two attached hydrogens (primary N) is 1. The SMILES string of the molecule is Cc1cc([C@@H](C)N)c2nc(N3CCCCC3)n3nc(-c4cscn4)nc3c2c1. The zero-order valence-electron chi connectivity index (χ0n) is 16.1. The maximum absolute atomic E-state index is 6.30. The van der Waals surface area contributed by atoms with E-state index in [9.17, 15) is 0 Å². The average molecular weight is 394 g/mol. The fourth-order valence-electron chi connectivity index (χ4n) is 3.95. The van der Waals surface area contributed by atoms with Crippen molar-refractivity contribution >= 4 is 33.8 Å². The van der Waals surface area contributed by atoms with Gasteiger partial charge < -0.3 is 10.6 Å². The first-order valence-electron chi connectivity index (χ1n) is 9.72. The molecule has 2 N–H and O–H groups in total. The van der Waals surface area contributed by atoms with Crippen LogP contribution in [0.2, 0.25) is 0 Å². The number of benzene rings is 1. The lowest BCUT2D eigenvalue weighted by atomic mass is 10.0. The van der Waals surface area contributed by atoms with E-state index in [-0.39, 0.29) is 6.04 Å². The van der Waals surface area contributed by atoms with E-state index in [0.717, 1.165) is 52.4 Å². The Kier molecular flexibility index (Phi) is 4.25. The first kappa shape index (κ1) is 17.5. The van der Waals surface area contributed by atoms with Gasteiger partial charge >= 0.3 is 0 Å². The Labute approximate surface area is 167 Å². The summed E-state index contributed by atoms with van der Waals surface area (Å²) in [7, 11) is 0. The first-order chi connectivity index (χ1) is 13.6. The van der Waals surface area contributed by atoms with Gasteiger partial charge in [-0.25, -0.2) is 15.0 Å². The van der Waals surface area contributed by atoms with E-state index in [1.165, 1.54) is 19.3 Å². The summed E-state index contributed by atoms with van der Waals surface area (Å²) >= 11 is 1.55. The highest BCUT2D eigenvalue weighted by Gasteiger charge is 2.22. The van der Waals surface area contributed by atoms with E-state index in [4.69, 9.17) is 20.8 Å². The molecular formula is C20H23N7S. The Morgan fingerprint density at radius 2 is 1.96 bits per heavy atom. The molecule has 28 heavy (non-hydrogen) atoms. The molecule has 8 heteroatoms. The second kappa shape index (κ2) is 6.79. The first-order valence-corrected chi connectivity index (χ1v) is 10.7. The summed E-state index contributed by atoms with van der Waals surface area (Å²) in [5.74, 6) is 1.49. The van der Waals surface area contributed by atoms with Crippen LogP contribution in [-0.2, 0) is 0 Å². The third kappa shape index (κ3) is 2.84. The van der Waals surface area contributed by atoms with Crippen LogP contribution in [0.4, 0.5) is 5.95 Å². The summed E-state index contributed by atoms with van der Waals surface area (Å²) in [4.78, 5) is 16.7. The summed E-state index contributed by atoms with van der Waals surface area (Å²) < 4.78 is 1.90. The van der Waals surface area contributed by atoms with E-state index in [2.05, 4.69) is 28.9 Å². The Hall–Kier alpha value is -2.58. The van der Waals surface area contributed by atoms with Crippen LogP contribution in [0.5, 0.6) is 0 Å². The molecule has 5 rings (SSSR count). The Bertz CT molecular complexity index is 1140. The lowest BCUT2D eigenvalue weighted by Crippen LogP contribution is -2.32. The van der Waals surface area contributed by atoms with E-state index in [1.54, 1.807) is 16.8 Å². The summed E-state index contributed by atoms with van der Waals surface area (Å²) in [6, 6.07) is 4.16. The predicted molar refractivity (Wildman–Crippen MR) is 113 cm³/mol. The number of nitrogens with zero attached hydrogens (tertiary/aromatic N) is 6. The van der Waals surface area contributed by atoms with Gasteiger partial charge in [-0.15, -0.1) is 16.4 Å². The summed E-state index contributed by atoms with van der Waals surface area (Å²) in [6.07, 6.45) is 3.60. The van der Waals surface area contributed by atoms with Gasteiger partial charge in [-0.2, -0.15) is 4.52 Å². The largest absolute Gasteiger partial charge is 0.341 e. The van der Waals surface area contributed by atoms with Crippen LogP contribution in [0.15, 0.2) is 23.0 Å². The standard InChI is InChI=1S/C20H23N7S/c1-12-8-14(13(2)21)17-15(9-12)19-24-18(16-10-28-11-22-16)25-27(19)20(23-17)26-6-4-3-5-7-26/h8-11,13H,3-7,21H2,1-2H3/t13-/m1/s1. The number of hydrogen-bond acceptors (Lipinski definition) is 7. The highest BCUT2D eigenvalue weighted by Crippen LogP contribution is 2.31. The third-order valence-electron chi connectivity index (χ3n) is 5.32. The monoisotopic (exact) mass is 393 g/mol. The van der Waals surface area contributed by atoms with Crippen LogP contribution in [-0.4, -0.2) is 37.7 Å². The van der Waals surface area contributed by atoms with E-state index < -0.39 is 0 Å². The van der Waals surface area contributed by atoms with Crippen LogP contribution in [0.3, 0.4) is 0 Å². The van der Waals surface area contributed by atoms with Crippen LogP contribution >= 0.6 is 11.3 Å².